The molecule has 1 heterocycles. The Bertz CT molecular complexity index is 858. The molecule has 3 rings (SSSR count). The Kier molecular flexibility index (Phi) is 5.71. The first kappa shape index (κ1) is 18.2. The maximum Gasteiger partial charge on any atom is 0.251 e. The van der Waals surface area contributed by atoms with Crippen LogP contribution < -0.4 is 10.2 Å². The molecular formula is C21H22N2O2S. The molecule has 1 unspecified atom stereocenters. The monoisotopic (exact) mass is 366 g/mol. The highest BCUT2D eigenvalue weighted by Gasteiger charge is 2.12. The van der Waals surface area contributed by atoms with Gasteiger partial charge in [-0.05, 0) is 40.8 Å². The van der Waals surface area contributed by atoms with Gasteiger partial charge < -0.3 is 15.3 Å². The number of anilines is 1. The number of nitrogens with one attached hydrogen (secondary N) is 1. The Hall–Kier alpha value is -2.63. The van der Waals surface area contributed by atoms with Gasteiger partial charge in [0.05, 0.1) is 6.10 Å². The van der Waals surface area contributed by atoms with Crippen molar-refractivity contribution in [2.45, 2.75) is 6.10 Å². The fourth-order valence-electron chi connectivity index (χ4n) is 2.65. The predicted molar refractivity (Wildman–Crippen MR) is 108 cm³/mol. The summed E-state index contributed by atoms with van der Waals surface area (Å²) in [4.78, 5) is 15.5. The van der Waals surface area contributed by atoms with Crippen LogP contribution in [-0.2, 0) is 0 Å². The lowest BCUT2D eigenvalue weighted by molar-refractivity contribution is 0.0916. The summed E-state index contributed by atoms with van der Waals surface area (Å²) in [6.07, 6.45) is -0.742. The largest absolute Gasteiger partial charge is 0.387 e. The summed E-state index contributed by atoms with van der Waals surface area (Å²) in [7, 11) is 3.86. The van der Waals surface area contributed by atoms with Crippen LogP contribution in [0.25, 0.3) is 10.4 Å². The van der Waals surface area contributed by atoms with Crippen LogP contribution in [0.3, 0.4) is 0 Å². The number of aliphatic hydroxyl groups excluding tert-OH is 1. The smallest absolute Gasteiger partial charge is 0.251 e. The summed E-state index contributed by atoms with van der Waals surface area (Å²) >= 11 is 1.68. The summed E-state index contributed by atoms with van der Waals surface area (Å²) < 4.78 is 0. The van der Waals surface area contributed by atoms with E-state index in [1.54, 1.807) is 17.4 Å². The van der Waals surface area contributed by atoms with Crippen LogP contribution >= 0.6 is 11.3 Å². The highest BCUT2D eigenvalue weighted by molar-refractivity contribution is 7.13. The van der Waals surface area contributed by atoms with Crippen molar-refractivity contribution in [3.8, 4) is 10.4 Å². The van der Waals surface area contributed by atoms with Crippen molar-refractivity contribution in [3.63, 3.8) is 0 Å². The fourth-order valence-corrected chi connectivity index (χ4v) is 3.38. The van der Waals surface area contributed by atoms with Crippen LogP contribution in [0.15, 0.2) is 66.0 Å². The van der Waals surface area contributed by atoms with E-state index >= 15 is 0 Å². The number of thiophene rings is 1. The molecule has 0 fully saturated rings. The molecule has 0 aliphatic heterocycles. The van der Waals surface area contributed by atoms with Gasteiger partial charge in [0.15, 0.2) is 0 Å². The molecule has 1 aromatic heterocycles. The van der Waals surface area contributed by atoms with Crippen molar-refractivity contribution in [1.29, 1.82) is 0 Å². The average molecular weight is 366 g/mol. The van der Waals surface area contributed by atoms with E-state index in [0.29, 0.717) is 5.56 Å². The summed E-state index contributed by atoms with van der Waals surface area (Å²) in [5, 5.41) is 15.2. The minimum atomic E-state index is -0.742. The van der Waals surface area contributed by atoms with E-state index in [9.17, 15) is 9.90 Å². The maximum atomic E-state index is 12.3. The molecule has 1 amide bonds. The molecule has 0 bridgehead atoms. The Morgan fingerprint density at radius 1 is 1.12 bits per heavy atom. The van der Waals surface area contributed by atoms with E-state index in [2.05, 4.69) is 11.4 Å². The first-order chi connectivity index (χ1) is 12.5. The third-order valence-electron chi connectivity index (χ3n) is 4.18. The lowest BCUT2D eigenvalue weighted by atomic mass is 10.1. The molecule has 0 aliphatic rings. The van der Waals surface area contributed by atoms with Crippen LogP contribution in [0.2, 0.25) is 0 Å². The van der Waals surface area contributed by atoms with E-state index in [1.807, 2.05) is 72.9 Å². The van der Waals surface area contributed by atoms with Crippen molar-refractivity contribution in [3.05, 3.63) is 77.2 Å². The van der Waals surface area contributed by atoms with Gasteiger partial charge in [-0.1, -0.05) is 36.4 Å². The van der Waals surface area contributed by atoms with Gasteiger partial charge in [0.25, 0.3) is 5.91 Å². The van der Waals surface area contributed by atoms with E-state index < -0.39 is 6.10 Å². The molecule has 3 aromatic rings. The van der Waals surface area contributed by atoms with Crippen molar-refractivity contribution in [2.75, 3.05) is 25.5 Å². The fraction of sp³-hybridized carbons (Fsp3) is 0.190. The van der Waals surface area contributed by atoms with Gasteiger partial charge >= 0.3 is 0 Å². The van der Waals surface area contributed by atoms with E-state index in [0.717, 1.165) is 16.8 Å². The standard InChI is InChI=1S/C21H22N2O2S/c1-23(2)18-6-3-5-17(13-18)21(25)22-14-19(24)15-8-10-16(11-9-15)20-7-4-12-26-20/h3-13,19,24H,14H2,1-2H3,(H,22,25). The third kappa shape index (κ3) is 4.31. The molecule has 2 N–H and O–H groups in total. The van der Waals surface area contributed by atoms with Crippen LogP contribution in [0, 0.1) is 0 Å². The van der Waals surface area contributed by atoms with E-state index in [-0.39, 0.29) is 12.5 Å². The minimum absolute atomic E-state index is 0.170. The topological polar surface area (TPSA) is 52.6 Å². The Balaban J connectivity index is 1.60. The lowest BCUT2D eigenvalue weighted by Gasteiger charge is -2.15. The molecular weight excluding hydrogens is 344 g/mol. The first-order valence-corrected chi connectivity index (χ1v) is 9.30. The number of hydrogen-bond acceptors (Lipinski definition) is 4. The first-order valence-electron chi connectivity index (χ1n) is 8.42. The number of hydrogen-bond donors (Lipinski definition) is 2. The van der Waals surface area contributed by atoms with Crippen LogP contribution in [0.5, 0.6) is 0 Å². The molecule has 134 valence electrons. The SMILES string of the molecule is CN(C)c1cccc(C(=O)NCC(O)c2ccc(-c3cccs3)cc2)c1. The zero-order valence-corrected chi connectivity index (χ0v) is 15.7. The molecule has 0 radical (unpaired) electrons. The molecule has 0 saturated heterocycles. The molecule has 0 saturated carbocycles. The van der Waals surface area contributed by atoms with E-state index in [1.165, 1.54) is 4.88 Å². The minimum Gasteiger partial charge on any atom is -0.387 e. The molecule has 2 aromatic carbocycles. The Labute approximate surface area is 157 Å². The molecule has 4 nitrogen and oxygen atoms in total. The van der Waals surface area contributed by atoms with Crippen molar-refractivity contribution >= 4 is 22.9 Å². The Morgan fingerprint density at radius 2 is 1.88 bits per heavy atom. The summed E-state index contributed by atoms with van der Waals surface area (Å²) in [6.45, 7) is 0.170. The number of carbonyl (C=O) groups excluding carboxylic acids is 1. The van der Waals surface area contributed by atoms with Gasteiger partial charge in [-0.2, -0.15) is 0 Å². The van der Waals surface area contributed by atoms with Gasteiger partial charge in [-0.3, -0.25) is 4.79 Å². The van der Waals surface area contributed by atoms with Gasteiger partial charge in [-0.15, -0.1) is 11.3 Å². The van der Waals surface area contributed by atoms with Crippen molar-refractivity contribution < 1.29 is 9.90 Å². The molecule has 26 heavy (non-hydrogen) atoms. The molecule has 0 aliphatic carbocycles. The van der Waals surface area contributed by atoms with Crippen LogP contribution in [-0.4, -0.2) is 31.7 Å². The zero-order valence-electron chi connectivity index (χ0n) is 14.8. The van der Waals surface area contributed by atoms with Crippen molar-refractivity contribution in [2.24, 2.45) is 0 Å². The van der Waals surface area contributed by atoms with E-state index in [4.69, 9.17) is 0 Å². The molecule has 1 atom stereocenters. The zero-order chi connectivity index (χ0) is 18.5. The second kappa shape index (κ2) is 8.17. The number of rotatable bonds is 6. The van der Waals surface area contributed by atoms with Gasteiger partial charge in [0, 0.05) is 36.8 Å². The van der Waals surface area contributed by atoms with Gasteiger partial charge in [-0.25, -0.2) is 0 Å². The van der Waals surface area contributed by atoms with Gasteiger partial charge in [0.2, 0.25) is 0 Å². The van der Waals surface area contributed by atoms with Crippen LogP contribution in [0.1, 0.15) is 22.0 Å². The lowest BCUT2D eigenvalue weighted by Crippen LogP contribution is -2.28. The summed E-state index contributed by atoms with van der Waals surface area (Å²) in [5.41, 5.74) is 3.45. The second-order valence-electron chi connectivity index (χ2n) is 6.27. The van der Waals surface area contributed by atoms with Crippen LogP contribution in [0.4, 0.5) is 5.69 Å². The highest BCUT2D eigenvalue weighted by atomic mass is 32.1. The average Bonchev–Trinajstić information content (AvgIpc) is 3.21. The molecule has 0 spiro atoms. The number of amides is 1. The normalized spacial score (nSPS) is 11.8. The van der Waals surface area contributed by atoms with Crippen molar-refractivity contribution in [1.82, 2.24) is 5.32 Å². The molecule has 5 heteroatoms. The highest BCUT2D eigenvalue weighted by Crippen LogP contribution is 2.26. The Morgan fingerprint density at radius 3 is 2.54 bits per heavy atom. The summed E-state index contributed by atoms with van der Waals surface area (Å²) in [6, 6.07) is 19.3. The number of carbonyl (C=O) groups is 1. The quantitative estimate of drug-likeness (QED) is 0.695. The maximum absolute atomic E-state index is 12.3. The number of aliphatic hydroxyl groups is 1. The third-order valence-corrected chi connectivity index (χ3v) is 5.10. The van der Waals surface area contributed by atoms with Gasteiger partial charge in [0.1, 0.15) is 0 Å². The number of nitrogens with zero attached hydrogens (tertiary/aromatic N) is 1. The predicted octanol–water partition coefficient (Wildman–Crippen LogP) is 3.94. The second-order valence-corrected chi connectivity index (χ2v) is 7.22. The summed E-state index contributed by atoms with van der Waals surface area (Å²) in [5.74, 6) is -0.192. The number of benzene rings is 2.